The van der Waals surface area contributed by atoms with E-state index in [1.54, 1.807) is 0 Å². The third-order valence-corrected chi connectivity index (χ3v) is 3.77. The second kappa shape index (κ2) is 6.75. The minimum atomic E-state index is 0.0636. The average Bonchev–Trinajstić information content (AvgIpc) is 2.48. The summed E-state index contributed by atoms with van der Waals surface area (Å²) in [6, 6.07) is 0.0950. The zero-order valence-corrected chi connectivity index (χ0v) is 11.6. The van der Waals surface area contributed by atoms with Gasteiger partial charge in [0.15, 0.2) is 0 Å². The number of morpholine rings is 1. The maximum Gasteiger partial charge on any atom is 0.320 e. The van der Waals surface area contributed by atoms with Crippen molar-refractivity contribution in [2.24, 2.45) is 5.92 Å². The van der Waals surface area contributed by atoms with Gasteiger partial charge in [-0.15, -0.1) is 0 Å². The lowest BCUT2D eigenvalue weighted by Gasteiger charge is -2.36. The van der Waals surface area contributed by atoms with E-state index in [2.05, 4.69) is 5.32 Å². The summed E-state index contributed by atoms with van der Waals surface area (Å²) in [4.78, 5) is 27.7. The van der Waals surface area contributed by atoms with Crippen LogP contribution in [0.3, 0.4) is 0 Å². The van der Waals surface area contributed by atoms with E-state index in [4.69, 9.17) is 4.74 Å². The first kappa shape index (κ1) is 14.1. The molecule has 0 spiro atoms. The molecule has 6 heteroatoms. The van der Waals surface area contributed by atoms with Gasteiger partial charge in [-0.1, -0.05) is 0 Å². The Morgan fingerprint density at radius 2 is 1.68 bits per heavy atom. The van der Waals surface area contributed by atoms with Gasteiger partial charge in [-0.2, -0.15) is 0 Å². The van der Waals surface area contributed by atoms with Crippen molar-refractivity contribution in [2.75, 3.05) is 45.9 Å². The van der Waals surface area contributed by atoms with Crippen molar-refractivity contribution in [3.63, 3.8) is 0 Å². The molecule has 0 saturated carbocycles. The van der Waals surface area contributed by atoms with Gasteiger partial charge in [0.1, 0.15) is 0 Å². The molecule has 2 aliphatic heterocycles. The maximum atomic E-state index is 12.3. The Morgan fingerprint density at radius 3 is 2.26 bits per heavy atom. The third kappa shape index (κ3) is 3.59. The van der Waals surface area contributed by atoms with Gasteiger partial charge in [0.05, 0.1) is 13.2 Å². The van der Waals surface area contributed by atoms with E-state index in [1.807, 2.05) is 16.7 Å². The van der Waals surface area contributed by atoms with E-state index >= 15 is 0 Å². The number of hydrogen-bond donors (Lipinski definition) is 1. The van der Waals surface area contributed by atoms with Crippen LogP contribution in [0, 0.1) is 5.92 Å². The molecular formula is C13H23N3O3. The second-order valence-corrected chi connectivity index (χ2v) is 5.04. The molecular weight excluding hydrogens is 246 g/mol. The highest BCUT2D eigenvalue weighted by molar-refractivity contribution is 5.79. The molecule has 3 amide bonds. The number of nitrogens with zero attached hydrogens (tertiary/aromatic N) is 2. The van der Waals surface area contributed by atoms with Crippen LogP contribution in [-0.2, 0) is 9.53 Å². The zero-order valence-electron chi connectivity index (χ0n) is 11.6. The van der Waals surface area contributed by atoms with Crippen LogP contribution in [0.2, 0.25) is 0 Å². The van der Waals surface area contributed by atoms with Crippen molar-refractivity contribution in [1.82, 2.24) is 15.1 Å². The predicted octanol–water partition coefficient (Wildman–Crippen LogP) is 0.287. The zero-order chi connectivity index (χ0) is 13.7. The van der Waals surface area contributed by atoms with Gasteiger partial charge in [0, 0.05) is 38.6 Å². The molecule has 2 aliphatic rings. The molecule has 2 saturated heterocycles. The number of urea groups is 1. The van der Waals surface area contributed by atoms with Crippen LogP contribution in [0.5, 0.6) is 0 Å². The number of carbonyl (C=O) groups excluding carboxylic acids is 2. The minimum Gasteiger partial charge on any atom is -0.378 e. The first-order chi connectivity index (χ1) is 9.22. The fourth-order valence-electron chi connectivity index (χ4n) is 2.61. The quantitative estimate of drug-likeness (QED) is 0.783. The molecule has 0 aromatic heterocycles. The Bertz CT molecular complexity index is 321. The SMILES string of the molecule is CCNC(=O)C1CCN(C(=O)N2CCOCC2)CC1. The third-order valence-electron chi connectivity index (χ3n) is 3.77. The highest BCUT2D eigenvalue weighted by Crippen LogP contribution is 2.18. The summed E-state index contributed by atoms with van der Waals surface area (Å²) in [5, 5.41) is 2.85. The number of amides is 3. The van der Waals surface area contributed by atoms with Crippen molar-refractivity contribution in [3.8, 4) is 0 Å². The summed E-state index contributed by atoms with van der Waals surface area (Å²) in [7, 11) is 0. The summed E-state index contributed by atoms with van der Waals surface area (Å²) < 4.78 is 5.25. The summed E-state index contributed by atoms with van der Waals surface area (Å²) in [6.45, 7) is 6.56. The molecule has 1 N–H and O–H groups in total. The lowest BCUT2D eigenvalue weighted by Crippen LogP contribution is -2.51. The van der Waals surface area contributed by atoms with E-state index in [0.717, 1.165) is 12.8 Å². The topological polar surface area (TPSA) is 61.9 Å². The minimum absolute atomic E-state index is 0.0636. The van der Waals surface area contributed by atoms with E-state index in [-0.39, 0.29) is 17.9 Å². The number of rotatable bonds is 2. The average molecular weight is 269 g/mol. The molecule has 2 rings (SSSR count). The Morgan fingerprint density at radius 1 is 1.11 bits per heavy atom. The fraction of sp³-hybridized carbons (Fsp3) is 0.846. The van der Waals surface area contributed by atoms with Crippen molar-refractivity contribution in [1.29, 1.82) is 0 Å². The fourth-order valence-corrected chi connectivity index (χ4v) is 2.61. The number of piperidine rings is 1. The van der Waals surface area contributed by atoms with Crippen LogP contribution in [0.1, 0.15) is 19.8 Å². The Kier molecular flexibility index (Phi) is 5.01. The van der Waals surface area contributed by atoms with Gasteiger partial charge in [0.25, 0.3) is 0 Å². The van der Waals surface area contributed by atoms with Crippen LogP contribution in [0.15, 0.2) is 0 Å². The summed E-state index contributed by atoms with van der Waals surface area (Å²) in [5.41, 5.74) is 0. The predicted molar refractivity (Wildman–Crippen MR) is 70.8 cm³/mol. The largest absolute Gasteiger partial charge is 0.378 e. The van der Waals surface area contributed by atoms with Gasteiger partial charge < -0.3 is 19.9 Å². The summed E-state index contributed by atoms with van der Waals surface area (Å²) in [6.07, 6.45) is 1.53. The number of nitrogens with one attached hydrogen (secondary N) is 1. The van der Waals surface area contributed by atoms with Crippen LogP contribution < -0.4 is 5.32 Å². The smallest absolute Gasteiger partial charge is 0.320 e. The van der Waals surface area contributed by atoms with Gasteiger partial charge in [-0.25, -0.2) is 4.79 Å². The molecule has 2 fully saturated rings. The highest BCUT2D eigenvalue weighted by Gasteiger charge is 2.29. The summed E-state index contributed by atoms with van der Waals surface area (Å²) in [5.74, 6) is 0.190. The first-order valence-corrected chi connectivity index (χ1v) is 7.11. The molecule has 19 heavy (non-hydrogen) atoms. The van der Waals surface area contributed by atoms with E-state index in [0.29, 0.717) is 45.9 Å². The van der Waals surface area contributed by atoms with Crippen LogP contribution in [0.25, 0.3) is 0 Å². The normalized spacial score (nSPS) is 21.3. The number of carbonyl (C=O) groups is 2. The van der Waals surface area contributed by atoms with E-state index in [1.165, 1.54) is 0 Å². The molecule has 6 nitrogen and oxygen atoms in total. The molecule has 0 aliphatic carbocycles. The second-order valence-electron chi connectivity index (χ2n) is 5.04. The Labute approximate surface area is 114 Å². The van der Waals surface area contributed by atoms with Crippen LogP contribution in [-0.4, -0.2) is 67.7 Å². The molecule has 0 aromatic rings. The number of hydrogen-bond acceptors (Lipinski definition) is 3. The summed E-state index contributed by atoms with van der Waals surface area (Å²) >= 11 is 0. The molecule has 2 heterocycles. The van der Waals surface area contributed by atoms with Crippen molar-refractivity contribution < 1.29 is 14.3 Å². The highest BCUT2D eigenvalue weighted by atomic mass is 16.5. The maximum absolute atomic E-state index is 12.3. The van der Waals surface area contributed by atoms with Gasteiger partial charge in [-0.3, -0.25) is 4.79 Å². The standard InChI is InChI=1S/C13H23N3O3/c1-2-14-12(17)11-3-5-15(6-4-11)13(18)16-7-9-19-10-8-16/h11H,2-10H2,1H3,(H,14,17). The molecule has 0 unspecified atom stereocenters. The van der Waals surface area contributed by atoms with Crippen molar-refractivity contribution >= 4 is 11.9 Å². The van der Waals surface area contributed by atoms with Gasteiger partial charge in [0.2, 0.25) is 5.91 Å². The molecule has 0 radical (unpaired) electrons. The number of likely N-dealkylation sites (tertiary alicyclic amines) is 1. The lowest BCUT2D eigenvalue weighted by molar-refractivity contribution is -0.126. The van der Waals surface area contributed by atoms with Crippen molar-refractivity contribution in [3.05, 3.63) is 0 Å². The van der Waals surface area contributed by atoms with Crippen LogP contribution in [0.4, 0.5) is 4.79 Å². The van der Waals surface area contributed by atoms with E-state index < -0.39 is 0 Å². The monoisotopic (exact) mass is 269 g/mol. The first-order valence-electron chi connectivity index (χ1n) is 7.11. The van der Waals surface area contributed by atoms with Crippen LogP contribution >= 0.6 is 0 Å². The van der Waals surface area contributed by atoms with E-state index in [9.17, 15) is 9.59 Å². The Balaban J connectivity index is 1.79. The molecule has 0 bridgehead atoms. The molecule has 108 valence electrons. The van der Waals surface area contributed by atoms with Gasteiger partial charge in [-0.05, 0) is 19.8 Å². The van der Waals surface area contributed by atoms with Crippen molar-refractivity contribution in [2.45, 2.75) is 19.8 Å². The lowest BCUT2D eigenvalue weighted by atomic mass is 9.96. The van der Waals surface area contributed by atoms with Gasteiger partial charge >= 0.3 is 6.03 Å². The molecule has 0 atom stereocenters. The Hall–Kier alpha value is -1.30. The molecule has 0 aromatic carbocycles. The number of ether oxygens (including phenoxy) is 1.